The molecule has 30 heavy (non-hydrogen) atoms. The molecule has 166 valence electrons. The number of carbonyl (C=O) groups excluding carboxylic acids is 2. The summed E-state index contributed by atoms with van der Waals surface area (Å²) in [5, 5.41) is 12.0. The normalized spacial score (nSPS) is 15.4. The molecule has 2 N–H and O–H groups in total. The number of benzene rings is 1. The van der Waals surface area contributed by atoms with Crippen LogP contribution in [0.4, 0.5) is 26.3 Å². The molecule has 1 aromatic carbocycles. The Morgan fingerprint density at radius 3 is 2.23 bits per heavy atom. The molecule has 0 radical (unpaired) electrons. The van der Waals surface area contributed by atoms with Gasteiger partial charge in [-0.25, -0.2) is 4.79 Å². The van der Waals surface area contributed by atoms with Gasteiger partial charge in [-0.2, -0.15) is 26.3 Å². The molecule has 2 rings (SSSR count). The van der Waals surface area contributed by atoms with Crippen molar-refractivity contribution in [3.8, 4) is 0 Å². The van der Waals surface area contributed by atoms with E-state index in [0.29, 0.717) is 16.6 Å². The highest BCUT2D eigenvalue weighted by Gasteiger charge is 2.60. The minimum atomic E-state index is -5.87. The Bertz CT molecular complexity index is 812. The van der Waals surface area contributed by atoms with Crippen molar-refractivity contribution in [3.05, 3.63) is 28.8 Å². The van der Waals surface area contributed by atoms with Crippen molar-refractivity contribution in [2.45, 2.75) is 51.9 Å². The number of hydrogen-bond acceptors (Lipinski definition) is 5. The van der Waals surface area contributed by atoms with Crippen LogP contribution in [-0.4, -0.2) is 48.5 Å². The van der Waals surface area contributed by atoms with Crippen LogP contribution in [0.1, 0.15) is 35.3 Å². The van der Waals surface area contributed by atoms with Crippen LogP contribution in [0.2, 0.25) is 0 Å². The lowest BCUT2D eigenvalue weighted by Gasteiger charge is -2.27. The number of fused-ring (bicyclic) bond motifs is 1. The maximum absolute atomic E-state index is 12.7. The van der Waals surface area contributed by atoms with Gasteiger partial charge in [0.1, 0.15) is 6.04 Å². The fourth-order valence-corrected chi connectivity index (χ4v) is 2.98. The van der Waals surface area contributed by atoms with E-state index in [2.05, 4.69) is 10.1 Å². The molecule has 0 unspecified atom stereocenters. The van der Waals surface area contributed by atoms with E-state index in [1.54, 1.807) is 0 Å². The van der Waals surface area contributed by atoms with Crippen molar-refractivity contribution in [1.82, 2.24) is 5.32 Å². The lowest BCUT2D eigenvalue weighted by molar-refractivity contribution is -0.314. The molecule has 6 nitrogen and oxygen atoms in total. The smallest absolute Gasteiger partial charge is 0.441 e. The lowest BCUT2D eigenvalue weighted by Crippen LogP contribution is -2.51. The molecule has 0 spiro atoms. The third-order valence-corrected chi connectivity index (χ3v) is 4.53. The van der Waals surface area contributed by atoms with E-state index >= 15 is 0 Å². The molecular weight excluding hydrogens is 423 g/mol. The first-order valence-electron chi connectivity index (χ1n) is 8.71. The molecule has 0 saturated heterocycles. The summed E-state index contributed by atoms with van der Waals surface area (Å²) in [6, 6.07) is 1.06. The molecule has 1 amide bonds. The quantitative estimate of drug-likeness (QED) is 0.415. The van der Waals surface area contributed by atoms with Gasteiger partial charge in [-0.05, 0) is 35.5 Å². The third kappa shape index (κ3) is 5.06. The summed E-state index contributed by atoms with van der Waals surface area (Å²) in [4.78, 5) is 24.7. The Labute approximate surface area is 167 Å². The number of hydrogen-bond donors (Lipinski definition) is 2. The standard InChI is InChI=1S/C17H18BF6NO5/c1-7(2)12(14(27)30-15(16(19,20)21)17(22,23)24)25-13(26)10-5-4-9-6-29-18(28)11(9)8(10)3/h4-5,7,12,15,28H,6H2,1-3H3,(H,25,26)/t12-/m0/s1. The summed E-state index contributed by atoms with van der Waals surface area (Å²) in [5.41, 5.74) is 1.23. The molecule has 1 heterocycles. The maximum Gasteiger partial charge on any atom is 0.492 e. The molecule has 1 atom stereocenters. The second-order valence-electron chi connectivity index (χ2n) is 7.07. The van der Waals surface area contributed by atoms with Crippen molar-refractivity contribution < 1.29 is 50.3 Å². The number of amides is 1. The number of rotatable bonds is 5. The Morgan fingerprint density at radius 2 is 1.73 bits per heavy atom. The summed E-state index contributed by atoms with van der Waals surface area (Å²) in [6.45, 7) is 4.22. The van der Waals surface area contributed by atoms with E-state index in [1.165, 1.54) is 32.9 Å². The number of esters is 1. The highest BCUT2D eigenvalue weighted by atomic mass is 19.4. The highest BCUT2D eigenvalue weighted by Crippen LogP contribution is 2.36. The number of alkyl halides is 6. The van der Waals surface area contributed by atoms with Gasteiger partial charge in [0.15, 0.2) is 0 Å². The molecule has 1 aromatic rings. The first kappa shape index (κ1) is 24.0. The number of carbonyl (C=O) groups is 2. The number of halogens is 6. The molecule has 0 fully saturated rings. The molecule has 0 bridgehead atoms. The Kier molecular flexibility index (Phi) is 6.77. The predicted octanol–water partition coefficient (Wildman–Crippen LogP) is 2.00. The largest absolute Gasteiger partial charge is 0.492 e. The van der Waals surface area contributed by atoms with E-state index in [0.717, 1.165) is 0 Å². The molecule has 13 heteroatoms. The number of nitrogens with one attached hydrogen (secondary N) is 1. The van der Waals surface area contributed by atoms with E-state index < -0.39 is 49.4 Å². The Morgan fingerprint density at radius 1 is 1.17 bits per heavy atom. The third-order valence-electron chi connectivity index (χ3n) is 4.53. The predicted molar refractivity (Wildman–Crippen MR) is 91.7 cm³/mol. The van der Waals surface area contributed by atoms with E-state index in [9.17, 15) is 41.0 Å². The van der Waals surface area contributed by atoms with Gasteiger partial charge in [-0.3, -0.25) is 4.79 Å². The molecule has 0 aromatic heterocycles. The zero-order chi connectivity index (χ0) is 23.0. The first-order chi connectivity index (χ1) is 13.6. The van der Waals surface area contributed by atoms with Gasteiger partial charge in [0.05, 0.1) is 6.61 Å². The monoisotopic (exact) mass is 441 g/mol. The van der Waals surface area contributed by atoms with Crippen LogP contribution in [0.3, 0.4) is 0 Å². The average Bonchev–Trinajstić information content (AvgIpc) is 2.97. The summed E-state index contributed by atoms with van der Waals surface area (Å²) in [5.74, 6) is -3.69. The fraction of sp³-hybridized carbons (Fsp3) is 0.529. The van der Waals surface area contributed by atoms with Crippen molar-refractivity contribution in [2.24, 2.45) is 5.92 Å². The van der Waals surface area contributed by atoms with E-state index in [1.807, 2.05) is 0 Å². The van der Waals surface area contributed by atoms with Crippen molar-refractivity contribution in [2.75, 3.05) is 0 Å². The molecule has 1 aliphatic heterocycles. The fourth-order valence-electron chi connectivity index (χ4n) is 2.98. The van der Waals surface area contributed by atoms with Crippen molar-refractivity contribution >= 4 is 24.5 Å². The molecule has 0 saturated carbocycles. The lowest BCUT2D eigenvalue weighted by atomic mass is 9.75. The van der Waals surface area contributed by atoms with Gasteiger partial charge in [-0.15, -0.1) is 0 Å². The summed E-state index contributed by atoms with van der Waals surface area (Å²) in [7, 11) is -1.28. The van der Waals surface area contributed by atoms with Gasteiger partial charge < -0.3 is 19.7 Å². The van der Waals surface area contributed by atoms with Gasteiger partial charge in [-0.1, -0.05) is 19.9 Å². The van der Waals surface area contributed by atoms with Crippen LogP contribution >= 0.6 is 0 Å². The van der Waals surface area contributed by atoms with Crippen LogP contribution in [0.5, 0.6) is 0 Å². The maximum atomic E-state index is 12.7. The van der Waals surface area contributed by atoms with Crippen molar-refractivity contribution in [3.63, 3.8) is 0 Å². The molecule has 1 aliphatic rings. The summed E-state index contributed by atoms with van der Waals surface area (Å²) >= 11 is 0. The van der Waals surface area contributed by atoms with Crippen LogP contribution < -0.4 is 10.8 Å². The van der Waals surface area contributed by atoms with Crippen LogP contribution in [0, 0.1) is 12.8 Å². The second-order valence-corrected chi connectivity index (χ2v) is 7.07. The second kappa shape index (κ2) is 8.46. The van der Waals surface area contributed by atoms with Crippen LogP contribution in [0.15, 0.2) is 12.1 Å². The molecule has 0 aliphatic carbocycles. The van der Waals surface area contributed by atoms with E-state index in [4.69, 9.17) is 4.65 Å². The Hall–Kier alpha value is -2.28. The zero-order valence-corrected chi connectivity index (χ0v) is 16.0. The van der Waals surface area contributed by atoms with Gasteiger partial charge >= 0.3 is 25.4 Å². The summed E-state index contributed by atoms with van der Waals surface area (Å²) < 4.78 is 84.7. The average molecular weight is 441 g/mol. The van der Waals surface area contributed by atoms with Crippen LogP contribution in [0.25, 0.3) is 0 Å². The highest BCUT2D eigenvalue weighted by molar-refractivity contribution is 6.62. The minimum absolute atomic E-state index is 0.0278. The Balaban J connectivity index is 2.25. The zero-order valence-electron chi connectivity index (χ0n) is 16.0. The SMILES string of the molecule is Cc1c(C(=O)N[C@H](C(=O)OC(C(F)(F)F)C(F)(F)F)C(C)C)ccc2c1B(O)OC2. The number of ether oxygens (including phenoxy) is 1. The minimum Gasteiger partial charge on any atom is -0.441 e. The molecular formula is C17H18BF6NO5. The first-order valence-corrected chi connectivity index (χ1v) is 8.71. The van der Waals surface area contributed by atoms with Gasteiger partial charge in [0.25, 0.3) is 12.0 Å². The summed E-state index contributed by atoms with van der Waals surface area (Å²) in [6.07, 6.45) is -16.1. The van der Waals surface area contributed by atoms with Crippen LogP contribution in [-0.2, 0) is 20.8 Å². The van der Waals surface area contributed by atoms with Gasteiger partial charge in [0.2, 0.25) is 0 Å². The van der Waals surface area contributed by atoms with Crippen molar-refractivity contribution in [1.29, 1.82) is 0 Å². The topological polar surface area (TPSA) is 84.9 Å². The van der Waals surface area contributed by atoms with E-state index in [-0.39, 0.29) is 12.2 Å². The van der Waals surface area contributed by atoms with Gasteiger partial charge in [0, 0.05) is 5.56 Å².